The van der Waals surface area contributed by atoms with E-state index in [0.29, 0.717) is 6.42 Å². The topological polar surface area (TPSA) is 59.9 Å². The van der Waals surface area contributed by atoms with Crippen LogP contribution in [-0.2, 0) is 17.6 Å². The van der Waals surface area contributed by atoms with Crippen LogP contribution in [0.15, 0.2) is 41.5 Å². The SMILES string of the molecule is COc1ccc(CCCC(=O)NN=C2CCCc3cc(OC)cc(C)c32)cc1. The first-order valence-corrected chi connectivity index (χ1v) is 9.77. The molecule has 1 aliphatic rings. The van der Waals surface area contributed by atoms with Gasteiger partial charge in [0, 0.05) is 12.0 Å². The number of hydrogen-bond acceptors (Lipinski definition) is 4. The van der Waals surface area contributed by atoms with Crippen molar-refractivity contribution in [3.8, 4) is 11.5 Å². The van der Waals surface area contributed by atoms with Gasteiger partial charge in [0.2, 0.25) is 5.91 Å². The van der Waals surface area contributed by atoms with Gasteiger partial charge in [-0.3, -0.25) is 4.79 Å². The van der Waals surface area contributed by atoms with Gasteiger partial charge in [0.15, 0.2) is 0 Å². The van der Waals surface area contributed by atoms with Crippen molar-refractivity contribution in [1.29, 1.82) is 0 Å². The lowest BCUT2D eigenvalue weighted by atomic mass is 9.87. The summed E-state index contributed by atoms with van der Waals surface area (Å²) < 4.78 is 10.5. The highest BCUT2D eigenvalue weighted by Gasteiger charge is 2.19. The van der Waals surface area contributed by atoms with E-state index < -0.39 is 0 Å². The van der Waals surface area contributed by atoms with Crippen molar-refractivity contribution < 1.29 is 14.3 Å². The standard InChI is InChI=1S/C23H28N2O3/c1-16-14-20(28-3)15-18-7-5-8-21(23(16)18)24-25-22(26)9-4-6-17-10-12-19(27-2)13-11-17/h10-15H,4-9H2,1-3H3,(H,25,26). The van der Waals surface area contributed by atoms with Crippen LogP contribution in [0.3, 0.4) is 0 Å². The van der Waals surface area contributed by atoms with E-state index in [1.807, 2.05) is 30.3 Å². The molecule has 0 radical (unpaired) electrons. The molecule has 28 heavy (non-hydrogen) atoms. The Morgan fingerprint density at radius 3 is 2.54 bits per heavy atom. The molecule has 0 saturated heterocycles. The maximum absolute atomic E-state index is 12.2. The highest BCUT2D eigenvalue weighted by molar-refractivity contribution is 6.04. The van der Waals surface area contributed by atoms with E-state index in [1.165, 1.54) is 11.1 Å². The highest BCUT2D eigenvalue weighted by atomic mass is 16.5. The molecule has 1 amide bonds. The first-order valence-electron chi connectivity index (χ1n) is 9.77. The smallest absolute Gasteiger partial charge is 0.240 e. The second kappa shape index (κ2) is 9.40. The van der Waals surface area contributed by atoms with Gasteiger partial charge in [0.1, 0.15) is 11.5 Å². The molecule has 1 aliphatic carbocycles. The third-order valence-electron chi connectivity index (χ3n) is 5.12. The molecule has 5 heteroatoms. The molecule has 0 saturated carbocycles. The predicted octanol–water partition coefficient (Wildman–Crippen LogP) is 4.19. The second-order valence-corrected chi connectivity index (χ2v) is 7.13. The fourth-order valence-corrected chi connectivity index (χ4v) is 3.67. The van der Waals surface area contributed by atoms with Crippen molar-refractivity contribution in [2.45, 2.75) is 45.4 Å². The fraction of sp³-hybridized carbons (Fsp3) is 0.391. The van der Waals surface area contributed by atoms with Crippen molar-refractivity contribution in [3.63, 3.8) is 0 Å². The Kier molecular flexibility index (Phi) is 6.69. The molecule has 2 aromatic rings. The van der Waals surface area contributed by atoms with Crippen LogP contribution < -0.4 is 14.9 Å². The van der Waals surface area contributed by atoms with E-state index in [1.54, 1.807) is 14.2 Å². The quantitative estimate of drug-likeness (QED) is 0.733. The summed E-state index contributed by atoms with van der Waals surface area (Å²) in [5, 5.41) is 4.45. The van der Waals surface area contributed by atoms with Crippen molar-refractivity contribution >= 4 is 11.6 Å². The summed E-state index contributed by atoms with van der Waals surface area (Å²) in [7, 11) is 3.34. The number of hydrogen-bond donors (Lipinski definition) is 1. The van der Waals surface area contributed by atoms with Crippen molar-refractivity contribution in [1.82, 2.24) is 5.43 Å². The lowest BCUT2D eigenvalue weighted by molar-refractivity contribution is -0.121. The Bertz CT molecular complexity index is 857. The van der Waals surface area contributed by atoms with Crippen LogP contribution in [0.5, 0.6) is 11.5 Å². The van der Waals surface area contributed by atoms with Crippen molar-refractivity contribution in [2.75, 3.05) is 14.2 Å². The fourth-order valence-electron chi connectivity index (χ4n) is 3.67. The van der Waals surface area contributed by atoms with Crippen LogP contribution >= 0.6 is 0 Å². The summed E-state index contributed by atoms with van der Waals surface area (Å²) in [6, 6.07) is 12.1. The van der Waals surface area contributed by atoms with Crippen molar-refractivity contribution in [2.24, 2.45) is 5.10 Å². The molecule has 0 fully saturated rings. The first-order chi connectivity index (χ1) is 13.6. The Morgan fingerprint density at radius 2 is 1.82 bits per heavy atom. The van der Waals surface area contributed by atoms with Gasteiger partial charge in [-0.15, -0.1) is 0 Å². The van der Waals surface area contributed by atoms with Crippen LogP contribution in [0.2, 0.25) is 0 Å². The number of aryl methyl sites for hydroxylation is 3. The number of amides is 1. The Morgan fingerprint density at radius 1 is 1.07 bits per heavy atom. The van der Waals surface area contributed by atoms with E-state index in [2.05, 4.69) is 23.5 Å². The molecule has 0 atom stereocenters. The van der Waals surface area contributed by atoms with Gasteiger partial charge >= 0.3 is 0 Å². The zero-order valence-electron chi connectivity index (χ0n) is 16.9. The lowest BCUT2D eigenvalue weighted by Gasteiger charge is -2.21. The number of ether oxygens (including phenoxy) is 2. The Labute approximate surface area is 166 Å². The maximum Gasteiger partial charge on any atom is 0.240 e. The summed E-state index contributed by atoms with van der Waals surface area (Å²) >= 11 is 0. The third-order valence-corrected chi connectivity index (χ3v) is 5.12. The second-order valence-electron chi connectivity index (χ2n) is 7.13. The minimum atomic E-state index is -0.0423. The van der Waals surface area contributed by atoms with Crippen LogP contribution in [0.1, 0.15) is 47.9 Å². The van der Waals surface area contributed by atoms with Gasteiger partial charge in [-0.1, -0.05) is 12.1 Å². The van der Waals surface area contributed by atoms with Gasteiger partial charge in [0.25, 0.3) is 0 Å². The van der Waals surface area contributed by atoms with E-state index >= 15 is 0 Å². The molecule has 0 heterocycles. The van der Waals surface area contributed by atoms with E-state index in [-0.39, 0.29) is 5.91 Å². The molecule has 0 aliphatic heterocycles. The van der Waals surface area contributed by atoms with Gasteiger partial charge in [0.05, 0.1) is 19.9 Å². The average molecular weight is 380 g/mol. The molecule has 5 nitrogen and oxygen atoms in total. The number of rotatable bonds is 7. The summed E-state index contributed by atoms with van der Waals surface area (Å²) in [5.74, 6) is 1.68. The number of hydrazone groups is 1. The minimum absolute atomic E-state index is 0.0423. The monoisotopic (exact) mass is 380 g/mol. The summed E-state index contributed by atoms with van der Waals surface area (Å²) in [6.45, 7) is 2.07. The normalized spacial score (nSPS) is 14.5. The summed E-state index contributed by atoms with van der Waals surface area (Å²) in [5.41, 5.74) is 8.46. The average Bonchev–Trinajstić information content (AvgIpc) is 2.72. The van der Waals surface area contributed by atoms with Gasteiger partial charge in [-0.05, 0) is 80.0 Å². The van der Waals surface area contributed by atoms with Crippen molar-refractivity contribution in [3.05, 3.63) is 58.7 Å². The highest BCUT2D eigenvalue weighted by Crippen LogP contribution is 2.29. The zero-order valence-corrected chi connectivity index (χ0v) is 16.9. The molecular formula is C23H28N2O3. The third kappa shape index (κ3) is 4.91. The first kappa shape index (κ1) is 19.9. The summed E-state index contributed by atoms with van der Waals surface area (Å²) in [4.78, 5) is 12.2. The van der Waals surface area contributed by atoms with E-state index in [9.17, 15) is 4.79 Å². The number of nitrogens with zero attached hydrogens (tertiary/aromatic N) is 1. The molecular weight excluding hydrogens is 352 g/mol. The number of carbonyl (C=O) groups excluding carboxylic acids is 1. The molecule has 0 aromatic heterocycles. The number of benzene rings is 2. The molecule has 1 N–H and O–H groups in total. The maximum atomic E-state index is 12.2. The number of carbonyl (C=O) groups is 1. The number of nitrogens with one attached hydrogen (secondary N) is 1. The van der Waals surface area contributed by atoms with Gasteiger partial charge in [-0.25, -0.2) is 5.43 Å². The number of fused-ring (bicyclic) bond motifs is 1. The molecule has 0 unspecified atom stereocenters. The number of methoxy groups -OCH3 is 2. The Hall–Kier alpha value is -2.82. The molecule has 0 bridgehead atoms. The molecule has 0 spiro atoms. The van der Waals surface area contributed by atoms with Crippen LogP contribution in [0, 0.1) is 6.92 Å². The molecule has 2 aromatic carbocycles. The zero-order chi connectivity index (χ0) is 19.9. The van der Waals surface area contributed by atoms with E-state index in [0.717, 1.165) is 60.4 Å². The lowest BCUT2D eigenvalue weighted by Crippen LogP contribution is -2.22. The predicted molar refractivity (Wildman–Crippen MR) is 111 cm³/mol. The molecule has 3 rings (SSSR count). The Balaban J connectivity index is 1.56. The molecule has 148 valence electrons. The van der Waals surface area contributed by atoms with Crippen LogP contribution in [0.4, 0.5) is 0 Å². The van der Waals surface area contributed by atoms with E-state index in [4.69, 9.17) is 9.47 Å². The van der Waals surface area contributed by atoms with Crippen LogP contribution in [-0.4, -0.2) is 25.8 Å². The van der Waals surface area contributed by atoms with Gasteiger partial charge < -0.3 is 9.47 Å². The largest absolute Gasteiger partial charge is 0.497 e. The van der Waals surface area contributed by atoms with Gasteiger partial charge in [-0.2, -0.15) is 5.10 Å². The minimum Gasteiger partial charge on any atom is -0.497 e. The summed E-state index contributed by atoms with van der Waals surface area (Å²) in [6.07, 6.45) is 5.03. The van der Waals surface area contributed by atoms with Crippen LogP contribution in [0.25, 0.3) is 0 Å².